The number of amides is 1. The van der Waals surface area contributed by atoms with Crippen molar-refractivity contribution in [2.45, 2.75) is 13.8 Å². The van der Waals surface area contributed by atoms with Crippen molar-refractivity contribution in [1.82, 2.24) is 10.2 Å². The predicted molar refractivity (Wildman–Crippen MR) is 79.2 cm³/mol. The van der Waals surface area contributed by atoms with E-state index in [2.05, 4.69) is 24.1 Å². The van der Waals surface area contributed by atoms with E-state index in [-0.39, 0.29) is 28.7 Å². The lowest BCUT2D eigenvalue weighted by atomic mass is 10.1. The van der Waals surface area contributed by atoms with E-state index in [1.807, 2.05) is 0 Å². The van der Waals surface area contributed by atoms with E-state index >= 15 is 0 Å². The van der Waals surface area contributed by atoms with Gasteiger partial charge in [-0.1, -0.05) is 13.8 Å². The van der Waals surface area contributed by atoms with Crippen molar-refractivity contribution in [3.8, 4) is 11.5 Å². The molecule has 20 heavy (non-hydrogen) atoms. The summed E-state index contributed by atoms with van der Waals surface area (Å²) in [5, 5.41) is 12.6. The molecular formula is C14H23N3O3. The smallest absolute Gasteiger partial charge is 0.255 e. The molecule has 0 heterocycles. The predicted octanol–water partition coefficient (Wildman–Crippen LogP) is 1.05. The Labute approximate surface area is 119 Å². The average molecular weight is 281 g/mol. The number of anilines is 1. The minimum absolute atomic E-state index is 0.102. The number of nitrogens with two attached hydrogens (primary N) is 1. The van der Waals surface area contributed by atoms with E-state index in [0.717, 1.165) is 19.6 Å². The maximum atomic E-state index is 12.1. The lowest BCUT2D eigenvalue weighted by molar-refractivity contribution is 0.0945. The molecule has 1 aromatic rings. The van der Waals surface area contributed by atoms with Gasteiger partial charge < -0.3 is 25.8 Å². The van der Waals surface area contributed by atoms with E-state index in [0.29, 0.717) is 6.54 Å². The molecule has 0 spiro atoms. The number of nitrogens with one attached hydrogen (secondary N) is 1. The summed E-state index contributed by atoms with van der Waals surface area (Å²) in [6, 6.07) is 3.03. The van der Waals surface area contributed by atoms with Crippen LogP contribution < -0.4 is 15.8 Å². The van der Waals surface area contributed by atoms with Crippen molar-refractivity contribution < 1.29 is 14.6 Å². The highest BCUT2D eigenvalue weighted by Crippen LogP contribution is 2.35. The highest BCUT2D eigenvalue weighted by molar-refractivity contribution is 5.98. The van der Waals surface area contributed by atoms with Crippen LogP contribution in [0.3, 0.4) is 0 Å². The topological polar surface area (TPSA) is 87.8 Å². The number of ether oxygens (including phenoxy) is 1. The number of carbonyl (C=O) groups is 1. The van der Waals surface area contributed by atoms with E-state index in [1.54, 1.807) is 6.07 Å². The number of likely N-dealkylation sites (N-methyl/N-ethyl adjacent to an activating group) is 1. The number of benzene rings is 1. The number of nitrogen functional groups attached to an aromatic ring is 1. The van der Waals surface area contributed by atoms with Crippen LogP contribution in [-0.4, -0.2) is 49.2 Å². The highest BCUT2D eigenvalue weighted by atomic mass is 16.5. The Balaban J connectivity index is 2.71. The van der Waals surface area contributed by atoms with Gasteiger partial charge in [0.2, 0.25) is 0 Å². The number of methoxy groups -OCH3 is 1. The van der Waals surface area contributed by atoms with Crippen LogP contribution in [0.1, 0.15) is 24.2 Å². The summed E-state index contributed by atoms with van der Waals surface area (Å²) in [7, 11) is 1.39. The molecule has 0 unspecified atom stereocenters. The minimum atomic E-state index is -0.288. The summed E-state index contributed by atoms with van der Waals surface area (Å²) >= 11 is 0. The van der Waals surface area contributed by atoms with Gasteiger partial charge in [0.15, 0.2) is 11.5 Å². The molecule has 0 saturated heterocycles. The van der Waals surface area contributed by atoms with Gasteiger partial charge >= 0.3 is 0 Å². The maximum absolute atomic E-state index is 12.1. The van der Waals surface area contributed by atoms with Crippen LogP contribution in [0.25, 0.3) is 0 Å². The Morgan fingerprint density at radius 1 is 1.40 bits per heavy atom. The minimum Gasteiger partial charge on any atom is -0.503 e. The molecular weight excluding hydrogens is 258 g/mol. The fourth-order valence-electron chi connectivity index (χ4n) is 1.93. The van der Waals surface area contributed by atoms with Crippen LogP contribution in [0.5, 0.6) is 11.5 Å². The molecule has 1 rings (SSSR count). The summed E-state index contributed by atoms with van der Waals surface area (Å²) in [4.78, 5) is 14.3. The SMILES string of the molecule is CCN(CC)CCNC(=O)c1ccc(N)c(O)c1OC. The molecule has 112 valence electrons. The van der Waals surface area contributed by atoms with Crippen LogP contribution in [-0.2, 0) is 0 Å². The van der Waals surface area contributed by atoms with Gasteiger partial charge in [-0.25, -0.2) is 0 Å². The van der Waals surface area contributed by atoms with Crippen molar-refractivity contribution in [3.63, 3.8) is 0 Å². The number of aromatic hydroxyl groups is 1. The first-order valence-electron chi connectivity index (χ1n) is 6.71. The second-order valence-corrected chi connectivity index (χ2v) is 4.37. The number of hydrogen-bond donors (Lipinski definition) is 3. The molecule has 0 saturated carbocycles. The molecule has 0 fully saturated rings. The van der Waals surface area contributed by atoms with E-state index < -0.39 is 0 Å². The molecule has 0 aliphatic heterocycles. The highest BCUT2D eigenvalue weighted by Gasteiger charge is 2.17. The van der Waals surface area contributed by atoms with Gasteiger partial charge in [-0.3, -0.25) is 4.79 Å². The summed E-state index contributed by atoms with van der Waals surface area (Å²) in [6.07, 6.45) is 0. The Kier molecular flexibility index (Phi) is 6.11. The number of rotatable bonds is 7. The monoisotopic (exact) mass is 281 g/mol. The third-order valence-corrected chi connectivity index (χ3v) is 3.22. The Morgan fingerprint density at radius 2 is 2.05 bits per heavy atom. The Hall–Kier alpha value is -1.95. The largest absolute Gasteiger partial charge is 0.503 e. The van der Waals surface area contributed by atoms with Crippen molar-refractivity contribution in [1.29, 1.82) is 0 Å². The molecule has 0 bridgehead atoms. The Bertz CT molecular complexity index is 459. The molecule has 0 radical (unpaired) electrons. The molecule has 0 aromatic heterocycles. The second-order valence-electron chi connectivity index (χ2n) is 4.37. The number of carbonyl (C=O) groups excluding carboxylic acids is 1. The van der Waals surface area contributed by atoms with Crippen molar-refractivity contribution >= 4 is 11.6 Å². The molecule has 4 N–H and O–H groups in total. The first-order chi connectivity index (χ1) is 9.54. The maximum Gasteiger partial charge on any atom is 0.255 e. The first-order valence-corrected chi connectivity index (χ1v) is 6.71. The van der Waals surface area contributed by atoms with Crippen LogP contribution in [0.2, 0.25) is 0 Å². The van der Waals surface area contributed by atoms with Gasteiger partial charge in [0.05, 0.1) is 18.4 Å². The fraction of sp³-hybridized carbons (Fsp3) is 0.500. The van der Waals surface area contributed by atoms with Crippen LogP contribution in [0.4, 0.5) is 5.69 Å². The quantitative estimate of drug-likeness (QED) is 0.514. The molecule has 0 aliphatic rings. The van der Waals surface area contributed by atoms with Gasteiger partial charge in [-0.05, 0) is 25.2 Å². The van der Waals surface area contributed by atoms with Gasteiger partial charge in [-0.2, -0.15) is 0 Å². The van der Waals surface area contributed by atoms with E-state index in [4.69, 9.17) is 10.5 Å². The molecule has 6 nitrogen and oxygen atoms in total. The van der Waals surface area contributed by atoms with Crippen LogP contribution in [0.15, 0.2) is 12.1 Å². The average Bonchev–Trinajstić information content (AvgIpc) is 2.46. The van der Waals surface area contributed by atoms with Gasteiger partial charge in [0.25, 0.3) is 5.91 Å². The van der Waals surface area contributed by atoms with Crippen LogP contribution >= 0.6 is 0 Å². The summed E-state index contributed by atoms with van der Waals surface area (Å²) in [6.45, 7) is 7.35. The fourth-order valence-corrected chi connectivity index (χ4v) is 1.93. The second kappa shape index (κ2) is 7.59. The molecule has 6 heteroatoms. The lowest BCUT2D eigenvalue weighted by Gasteiger charge is -2.18. The molecule has 0 aliphatic carbocycles. The Morgan fingerprint density at radius 3 is 2.60 bits per heavy atom. The molecule has 0 atom stereocenters. The van der Waals surface area contributed by atoms with E-state index in [1.165, 1.54) is 13.2 Å². The number of nitrogens with zero attached hydrogens (tertiary/aromatic N) is 1. The van der Waals surface area contributed by atoms with Gasteiger partial charge in [0, 0.05) is 13.1 Å². The zero-order valence-corrected chi connectivity index (χ0v) is 12.3. The summed E-state index contributed by atoms with van der Waals surface area (Å²) in [5.74, 6) is -0.390. The van der Waals surface area contributed by atoms with Gasteiger partial charge in [0.1, 0.15) is 0 Å². The van der Waals surface area contributed by atoms with Gasteiger partial charge in [-0.15, -0.1) is 0 Å². The number of phenolic OH excluding ortho intramolecular Hbond substituents is 1. The summed E-state index contributed by atoms with van der Waals surface area (Å²) < 4.78 is 5.05. The number of phenols is 1. The normalized spacial score (nSPS) is 10.6. The first kappa shape index (κ1) is 16.1. The van der Waals surface area contributed by atoms with E-state index in [9.17, 15) is 9.90 Å². The van der Waals surface area contributed by atoms with Crippen molar-refractivity contribution in [3.05, 3.63) is 17.7 Å². The zero-order valence-electron chi connectivity index (χ0n) is 12.3. The third kappa shape index (κ3) is 3.77. The molecule has 1 aromatic carbocycles. The lowest BCUT2D eigenvalue weighted by Crippen LogP contribution is -2.34. The van der Waals surface area contributed by atoms with Crippen LogP contribution in [0, 0.1) is 0 Å². The molecule has 1 amide bonds. The number of hydrogen-bond acceptors (Lipinski definition) is 5. The van der Waals surface area contributed by atoms with Crippen molar-refractivity contribution in [2.75, 3.05) is 39.0 Å². The van der Waals surface area contributed by atoms with Crippen molar-refractivity contribution in [2.24, 2.45) is 0 Å². The standard InChI is InChI=1S/C14H23N3O3/c1-4-17(5-2)9-8-16-14(19)10-6-7-11(15)12(18)13(10)20-3/h6-7,18H,4-5,8-9,15H2,1-3H3,(H,16,19). The zero-order chi connectivity index (χ0) is 15.1. The third-order valence-electron chi connectivity index (χ3n) is 3.22. The summed E-state index contributed by atoms with van der Waals surface area (Å²) in [5.41, 5.74) is 6.03.